The quantitative estimate of drug-likeness (QED) is 0.277. The van der Waals surface area contributed by atoms with Crippen LogP contribution in [0.1, 0.15) is 130 Å². The third-order valence-corrected chi connectivity index (χ3v) is 12.7. The number of allylic oxidation sites excluding steroid dienone is 17. The first kappa shape index (κ1) is 34.9. The van der Waals surface area contributed by atoms with Crippen LogP contribution in [0.2, 0.25) is 0 Å². The molecule has 1 aromatic carbocycles. The van der Waals surface area contributed by atoms with Crippen molar-refractivity contribution in [2.75, 3.05) is 0 Å². The zero-order valence-electron chi connectivity index (χ0n) is 31.7. The Balaban J connectivity index is 1.03. The maximum Gasteiger partial charge on any atom is 0.165 e. The van der Waals surface area contributed by atoms with E-state index in [1.54, 1.807) is 0 Å². The highest BCUT2D eigenvalue weighted by molar-refractivity contribution is 6.11. The first-order valence-corrected chi connectivity index (χ1v) is 20.9. The number of rotatable bonds is 8. The topological polar surface area (TPSA) is 49.6 Å². The lowest BCUT2D eigenvalue weighted by Crippen LogP contribution is -2.42. The zero-order valence-corrected chi connectivity index (χ0v) is 31.7. The molecular formula is C50H54N4. The Kier molecular flexibility index (Phi) is 10.5. The Bertz CT molecular complexity index is 2070. The van der Waals surface area contributed by atoms with E-state index >= 15 is 0 Å². The number of nitrogens with zero attached hydrogens (tertiary/aromatic N) is 3. The van der Waals surface area contributed by atoms with Crippen LogP contribution in [-0.4, -0.2) is 22.8 Å². The van der Waals surface area contributed by atoms with E-state index in [0.717, 1.165) is 80.7 Å². The Morgan fingerprint density at radius 3 is 2.28 bits per heavy atom. The van der Waals surface area contributed by atoms with E-state index in [1.165, 1.54) is 71.2 Å². The van der Waals surface area contributed by atoms with Gasteiger partial charge in [-0.2, -0.15) is 0 Å². The molecule has 4 unspecified atom stereocenters. The van der Waals surface area contributed by atoms with Crippen LogP contribution in [0.3, 0.4) is 0 Å². The second-order valence-corrected chi connectivity index (χ2v) is 16.2. The molecule has 0 bridgehead atoms. The van der Waals surface area contributed by atoms with E-state index < -0.39 is 0 Å². The summed E-state index contributed by atoms with van der Waals surface area (Å²) < 4.78 is 0. The van der Waals surface area contributed by atoms with Crippen LogP contribution >= 0.6 is 0 Å². The van der Waals surface area contributed by atoms with Gasteiger partial charge in [-0.25, -0.2) is 9.98 Å². The molecule has 6 aliphatic carbocycles. The van der Waals surface area contributed by atoms with Gasteiger partial charge >= 0.3 is 0 Å². The molecule has 0 radical (unpaired) electrons. The second kappa shape index (κ2) is 16.3. The zero-order chi connectivity index (χ0) is 36.1. The molecule has 4 nitrogen and oxygen atoms in total. The van der Waals surface area contributed by atoms with Crippen LogP contribution in [0.15, 0.2) is 143 Å². The Morgan fingerprint density at radius 1 is 0.630 bits per heavy atom. The van der Waals surface area contributed by atoms with Crippen molar-refractivity contribution in [2.24, 2.45) is 21.8 Å². The lowest BCUT2D eigenvalue weighted by Gasteiger charge is -2.33. The molecule has 1 aromatic heterocycles. The molecule has 2 aromatic rings. The molecule has 2 heterocycles. The van der Waals surface area contributed by atoms with Crippen LogP contribution in [0.4, 0.5) is 0 Å². The summed E-state index contributed by atoms with van der Waals surface area (Å²) in [5.41, 5.74) is 11.8. The maximum absolute atomic E-state index is 5.55. The van der Waals surface area contributed by atoms with Gasteiger partial charge in [0.25, 0.3) is 0 Å². The Hall–Kier alpha value is -4.83. The lowest BCUT2D eigenvalue weighted by atomic mass is 9.77. The first-order chi connectivity index (χ1) is 26.7. The van der Waals surface area contributed by atoms with Crippen molar-refractivity contribution < 1.29 is 0 Å². The third-order valence-electron chi connectivity index (χ3n) is 12.7. The molecule has 4 atom stereocenters. The van der Waals surface area contributed by atoms with Crippen molar-refractivity contribution in [2.45, 2.75) is 108 Å². The molecular weight excluding hydrogens is 657 g/mol. The van der Waals surface area contributed by atoms with Crippen molar-refractivity contribution in [3.63, 3.8) is 0 Å². The molecule has 0 saturated heterocycles. The highest BCUT2D eigenvalue weighted by Gasteiger charge is 2.32. The fourth-order valence-electron chi connectivity index (χ4n) is 9.54. The summed E-state index contributed by atoms with van der Waals surface area (Å²) in [6.07, 6.45) is 48.1. The summed E-state index contributed by atoms with van der Waals surface area (Å²) in [6, 6.07) is 13.8. The summed E-state index contributed by atoms with van der Waals surface area (Å²) >= 11 is 0. The Morgan fingerprint density at radius 2 is 1.50 bits per heavy atom. The van der Waals surface area contributed by atoms with E-state index in [-0.39, 0.29) is 18.0 Å². The number of pyridine rings is 1. The van der Waals surface area contributed by atoms with Gasteiger partial charge in [-0.15, -0.1) is 0 Å². The normalized spacial score (nSPS) is 27.0. The number of hydrogen-bond acceptors (Lipinski definition) is 4. The first-order valence-electron chi connectivity index (χ1n) is 20.9. The van der Waals surface area contributed by atoms with Gasteiger partial charge in [0.2, 0.25) is 0 Å². The molecule has 0 amide bonds. The summed E-state index contributed by atoms with van der Waals surface area (Å²) in [4.78, 5) is 16.4. The molecule has 1 N–H and O–H groups in total. The van der Waals surface area contributed by atoms with Crippen LogP contribution in [0.5, 0.6) is 0 Å². The maximum atomic E-state index is 5.55. The molecule has 1 saturated carbocycles. The van der Waals surface area contributed by atoms with Crippen LogP contribution in [0.25, 0.3) is 11.1 Å². The van der Waals surface area contributed by atoms with Gasteiger partial charge in [0.1, 0.15) is 11.7 Å². The predicted molar refractivity (Wildman–Crippen MR) is 226 cm³/mol. The van der Waals surface area contributed by atoms with Crippen LogP contribution in [-0.2, 0) is 0 Å². The van der Waals surface area contributed by atoms with E-state index in [9.17, 15) is 0 Å². The minimum atomic E-state index is -0.214. The van der Waals surface area contributed by atoms with E-state index in [4.69, 9.17) is 15.0 Å². The van der Waals surface area contributed by atoms with Gasteiger partial charge in [-0.3, -0.25) is 4.98 Å². The highest BCUT2D eigenvalue weighted by atomic mass is 15.2. The lowest BCUT2D eigenvalue weighted by molar-refractivity contribution is 0.436. The van der Waals surface area contributed by atoms with Crippen molar-refractivity contribution in [3.8, 4) is 0 Å². The molecule has 9 rings (SSSR count). The number of hydrogen-bond donors (Lipinski definition) is 1. The van der Waals surface area contributed by atoms with Gasteiger partial charge < -0.3 is 5.32 Å². The molecule has 7 aliphatic rings. The van der Waals surface area contributed by atoms with Gasteiger partial charge in [0, 0.05) is 23.3 Å². The van der Waals surface area contributed by atoms with Crippen molar-refractivity contribution >= 4 is 22.8 Å². The number of nitrogens with one attached hydrogen (secondary N) is 1. The fraction of sp³-hybridized carbons (Fsp3) is 0.380. The minimum Gasteiger partial charge on any atom is -0.328 e. The standard InChI is InChI=1S/C50H54N4/c1-5-14-35(15-6-1)37-24-28-41(29-25-37)48-52-49(42-30-26-38(27-31-42)36-16-7-2-8-17-36)54-50(53-48)44-23-13-22-43(34-44)47-45(39-18-9-3-10-19-39)32-33-46(51-47)40-20-11-4-12-21-40/h1,4-7,11,13-14,16-17,20,22,24,26-28,30-33,35,39,43-44,48H,2-3,8-10,12,15,18-19,21,23,25,29,34H2,(H,52,53,54). The number of aliphatic imine (C=N–C) groups is 2. The van der Waals surface area contributed by atoms with Gasteiger partial charge in [0.15, 0.2) is 6.17 Å². The average Bonchev–Trinajstić information content (AvgIpc) is 3.27. The summed E-state index contributed by atoms with van der Waals surface area (Å²) in [5.74, 6) is 3.66. The molecule has 54 heavy (non-hydrogen) atoms. The predicted octanol–water partition coefficient (Wildman–Crippen LogP) is 12.2. The molecule has 1 fully saturated rings. The average molecular weight is 711 g/mol. The second-order valence-electron chi connectivity index (χ2n) is 16.2. The van der Waals surface area contributed by atoms with Gasteiger partial charge in [-0.1, -0.05) is 140 Å². The molecule has 274 valence electrons. The van der Waals surface area contributed by atoms with E-state index in [2.05, 4.69) is 127 Å². The summed E-state index contributed by atoms with van der Waals surface area (Å²) in [6.45, 7) is 0. The molecule has 0 spiro atoms. The molecule has 1 aliphatic heterocycles. The fourth-order valence-corrected chi connectivity index (χ4v) is 9.54. The van der Waals surface area contributed by atoms with Crippen molar-refractivity contribution in [1.29, 1.82) is 0 Å². The SMILES string of the molecule is C1=CCCC(c2ccc(C3CCCCC3)c(C3C=CCC(C4=NC(C5=CC=C(C6C=CC=CC6)CC5)N=C(c5ccc(C6=CCCC=C6)cc5)N4)C3)n2)=C1. The highest BCUT2D eigenvalue weighted by Crippen LogP contribution is 2.41. The largest absolute Gasteiger partial charge is 0.328 e. The Labute approximate surface area is 322 Å². The molecule has 4 heteroatoms. The summed E-state index contributed by atoms with van der Waals surface area (Å²) in [5, 5.41) is 3.82. The van der Waals surface area contributed by atoms with Crippen molar-refractivity contribution in [1.82, 2.24) is 10.3 Å². The monoisotopic (exact) mass is 710 g/mol. The van der Waals surface area contributed by atoms with Crippen molar-refractivity contribution in [3.05, 3.63) is 161 Å². The number of benzene rings is 1. The number of aromatic nitrogens is 1. The van der Waals surface area contributed by atoms with Crippen LogP contribution < -0.4 is 5.32 Å². The third kappa shape index (κ3) is 7.71. The van der Waals surface area contributed by atoms with E-state index in [0.29, 0.717) is 11.8 Å². The summed E-state index contributed by atoms with van der Waals surface area (Å²) in [7, 11) is 0. The smallest absolute Gasteiger partial charge is 0.165 e. The number of amidine groups is 2. The van der Waals surface area contributed by atoms with E-state index in [1.807, 2.05) is 0 Å². The van der Waals surface area contributed by atoms with Gasteiger partial charge in [-0.05, 0) is 110 Å². The minimum absolute atomic E-state index is 0.214. The van der Waals surface area contributed by atoms with Crippen LogP contribution in [0, 0.1) is 11.8 Å². The van der Waals surface area contributed by atoms with Gasteiger partial charge in [0.05, 0.1) is 11.4 Å².